The molecule has 4 nitrogen and oxygen atoms in total. The summed E-state index contributed by atoms with van der Waals surface area (Å²) in [7, 11) is 0. The number of halogens is 1. The molecule has 0 aliphatic heterocycles. The average Bonchev–Trinajstić information content (AvgIpc) is 2.40. The SMILES string of the molecule is O=C(O)c1cc(-c2ccccc2F)ccc1NSO. The van der Waals surface area contributed by atoms with Crippen LogP contribution in [0.2, 0.25) is 0 Å². The fourth-order valence-corrected chi connectivity index (χ4v) is 2.00. The molecule has 0 spiro atoms. The second kappa shape index (κ2) is 5.73. The molecule has 6 heteroatoms. The first-order valence-electron chi connectivity index (χ1n) is 5.32. The molecule has 0 unspecified atom stereocenters. The Morgan fingerprint density at radius 1 is 1.21 bits per heavy atom. The Hall–Kier alpha value is -2.05. The first-order valence-corrected chi connectivity index (χ1v) is 6.09. The lowest BCUT2D eigenvalue weighted by Gasteiger charge is -2.09. The van der Waals surface area contributed by atoms with Gasteiger partial charge in [0, 0.05) is 5.56 Å². The van der Waals surface area contributed by atoms with Gasteiger partial charge in [-0.05, 0) is 23.8 Å². The number of anilines is 1. The number of aromatic carboxylic acids is 1. The molecule has 19 heavy (non-hydrogen) atoms. The number of benzene rings is 2. The molecule has 0 aliphatic carbocycles. The maximum absolute atomic E-state index is 13.6. The summed E-state index contributed by atoms with van der Waals surface area (Å²) >= 11 is 0.304. The standard InChI is InChI=1S/C13H10FNO3S/c14-11-4-2-1-3-9(11)8-5-6-12(15-19-18)10(7-8)13(16)17/h1-7,15,18H,(H,16,17). The minimum absolute atomic E-state index is 0.0395. The molecule has 0 atom stereocenters. The van der Waals surface area contributed by atoms with E-state index in [1.807, 2.05) is 0 Å². The summed E-state index contributed by atoms with van der Waals surface area (Å²) in [6.45, 7) is 0. The third-order valence-corrected chi connectivity index (χ3v) is 2.90. The van der Waals surface area contributed by atoms with Crippen LogP contribution in [0.5, 0.6) is 0 Å². The molecule has 98 valence electrons. The third-order valence-electron chi connectivity index (χ3n) is 2.59. The van der Waals surface area contributed by atoms with Crippen molar-refractivity contribution in [3.05, 3.63) is 53.8 Å². The zero-order chi connectivity index (χ0) is 13.8. The van der Waals surface area contributed by atoms with Crippen LogP contribution in [0, 0.1) is 5.82 Å². The predicted molar refractivity (Wildman–Crippen MR) is 72.6 cm³/mol. The lowest BCUT2D eigenvalue weighted by atomic mass is 10.0. The maximum Gasteiger partial charge on any atom is 0.337 e. The van der Waals surface area contributed by atoms with Gasteiger partial charge in [0.2, 0.25) is 0 Å². The van der Waals surface area contributed by atoms with Crippen LogP contribution in [0.1, 0.15) is 10.4 Å². The highest BCUT2D eigenvalue weighted by molar-refractivity contribution is 7.95. The van der Waals surface area contributed by atoms with Gasteiger partial charge in [-0.15, -0.1) is 0 Å². The predicted octanol–water partition coefficient (Wildman–Crippen LogP) is 3.72. The van der Waals surface area contributed by atoms with Crippen molar-refractivity contribution in [2.75, 3.05) is 4.72 Å². The molecule has 0 saturated heterocycles. The van der Waals surface area contributed by atoms with Crippen molar-refractivity contribution in [2.45, 2.75) is 0 Å². The average molecular weight is 279 g/mol. The molecule has 0 radical (unpaired) electrons. The highest BCUT2D eigenvalue weighted by atomic mass is 32.2. The number of rotatable bonds is 4. The van der Waals surface area contributed by atoms with E-state index in [9.17, 15) is 9.18 Å². The van der Waals surface area contributed by atoms with Crippen LogP contribution in [-0.4, -0.2) is 15.6 Å². The summed E-state index contributed by atoms with van der Waals surface area (Å²) in [5, 5.41) is 9.11. The van der Waals surface area contributed by atoms with Gasteiger partial charge in [-0.3, -0.25) is 0 Å². The van der Waals surface area contributed by atoms with Gasteiger partial charge in [-0.2, -0.15) is 0 Å². The lowest BCUT2D eigenvalue weighted by Crippen LogP contribution is -2.02. The van der Waals surface area contributed by atoms with Crippen LogP contribution >= 0.6 is 12.2 Å². The fraction of sp³-hybridized carbons (Fsp3) is 0. The fourth-order valence-electron chi connectivity index (χ4n) is 1.72. The van der Waals surface area contributed by atoms with Crippen molar-refractivity contribution < 1.29 is 18.8 Å². The highest BCUT2D eigenvalue weighted by Gasteiger charge is 2.13. The number of carbonyl (C=O) groups is 1. The van der Waals surface area contributed by atoms with Crippen LogP contribution in [0.25, 0.3) is 11.1 Å². The first kappa shape index (κ1) is 13.4. The summed E-state index contributed by atoms with van der Waals surface area (Å²) in [4.78, 5) is 11.1. The van der Waals surface area contributed by atoms with Gasteiger partial charge < -0.3 is 14.4 Å². The normalized spacial score (nSPS) is 10.2. The van der Waals surface area contributed by atoms with E-state index in [2.05, 4.69) is 4.72 Å². The lowest BCUT2D eigenvalue weighted by molar-refractivity contribution is 0.0698. The Morgan fingerprint density at radius 2 is 1.95 bits per heavy atom. The van der Waals surface area contributed by atoms with E-state index in [-0.39, 0.29) is 11.3 Å². The Kier molecular flexibility index (Phi) is 4.03. The monoisotopic (exact) mass is 279 g/mol. The molecule has 0 bridgehead atoms. The molecule has 0 amide bonds. The Balaban J connectivity index is 2.52. The van der Waals surface area contributed by atoms with Gasteiger partial charge in [-0.25, -0.2) is 9.18 Å². The number of carboxylic acids is 1. The maximum atomic E-state index is 13.6. The quantitative estimate of drug-likeness (QED) is 0.587. The minimum atomic E-state index is -1.16. The molecule has 2 aromatic rings. The van der Waals surface area contributed by atoms with Crippen molar-refractivity contribution >= 4 is 23.9 Å². The van der Waals surface area contributed by atoms with E-state index >= 15 is 0 Å². The molecular formula is C13H10FNO3S. The van der Waals surface area contributed by atoms with Crippen molar-refractivity contribution in [3.8, 4) is 11.1 Å². The zero-order valence-corrected chi connectivity index (χ0v) is 10.4. The topological polar surface area (TPSA) is 69.6 Å². The first-order chi connectivity index (χ1) is 9.13. The summed E-state index contributed by atoms with van der Waals surface area (Å²) in [6.07, 6.45) is 0. The van der Waals surface area contributed by atoms with E-state index < -0.39 is 11.8 Å². The van der Waals surface area contributed by atoms with Crippen LogP contribution in [0.4, 0.5) is 10.1 Å². The molecule has 0 fully saturated rings. The number of nitrogens with one attached hydrogen (secondary N) is 1. The van der Waals surface area contributed by atoms with Gasteiger partial charge in [0.15, 0.2) is 0 Å². The van der Waals surface area contributed by atoms with E-state index in [0.717, 1.165) is 0 Å². The van der Waals surface area contributed by atoms with Crippen LogP contribution in [0.3, 0.4) is 0 Å². The molecule has 0 aliphatic rings. The molecule has 3 N–H and O–H groups in total. The van der Waals surface area contributed by atoms with E-state index in [1.54, 1.807) is 24.3 Å². The number of carboxylic acid groups (broad SMARTS) is 1. The van der Waals surface area contributed by atoms with Crippen LogP contribution < -0.4 is 4.72 Å². The van der Waals surface area contributed by atoms with Crippen molar-refractivity contribution in [2.24, 2.45) is 0 Å². The highest BCUT2D eigenvalue weighted by Crippen LogP contribution is 2.28. The number of hydrogen-bond donors (Lipinski definition) is 3. The summed E-state index contributed by atoms with van der Waals surface area (Å²) in [5.74, 6) is -1.58. The summed E-state index contributed by atoms with van der Waals surface area (Å²) in [5.41, 5.74) is 1.000. The van der Waals surface area contributed by atoms with Crippen molar-refractivity contribution in [1.29, 1.82) is 0 Å². The summed E-state index contributed by atoms with van der Waals surface area (Å²) in [6, 6.07) is 10.6. The zero-order valence-electron chi connectivity index (χ0n) is 9.63. The molecule has 0 saturated carbocycles. The molecule has 2 rings (SSSR count). The molecular weight excluding hydrogens is 269 g/mol. The summed E-state index contributed by atoms with van der Waals surface area (Å²) < 4.78 is 24.8. The van der Waals surface area contributed by atoms with Gasteiger partial charge in [0.25, 0.3) is 0 Å². The smallest absolute Gasteiger partial charge is 0.337 e. The van der Waals surface area contributed by atoms with Gasteiger partial charge in [0.05, 0.1) is 11.3 Å². The Labute approximate surface area is 113 Å². The number of hydrogen-bond acceptors (Lipinski definition) is 4. The minimum Gasteiger partial charge on any atom is -0.478 e. The Bertz CT molecular complexity index is 619. The van der Waals surface area contributed by atoms with E-state index in [0.29, 0.717) is 23.4 Å². The van der Waals surface area contributed by atoms with Crippen molar-refractivity contribution in [3.63, 3.8) is 0 Å². The van der Waals surface area contributed by atoms with E-state index in [1.165, 1.54) is 18.2 Å². The third kappa shape index (κ3) is 2.86. The molecule has 2 aromatic carbocycles. The van der Waals surface area contributed by atoms with Crippen LogP contribution in [-0.2, 0) is 0 Å². The van der Waals surface area contributed by atoms with E-state index in [4.69, 9.17) is 9.66 Å². The van der Waals surface area contributed by atoms with Gasteiger partial charge in [-0.1, -0.05) is 24.3 Å². The largest absolute Gasteiger partial charge is 0.478 e. The van der Waals surface area contributed by atoms with Crippen LogP contribution in [0.15, 0.2) is 42.5 Å². The van der Waals surface area contributed by atoms with Gasteiger partial charge >= 0.3 is 5.97 Å². The second-order valence-electron chi connectivity index (χ2n) is 3.74. The van der Waals surface area contributed by atoms with Gasteiger partial charge in [0.1, 0.15) is 18.0 Å². The van der Waals surface area contributed by atoms with Crippen molar-refractivity contribution in [1.82, 2.24) is 0 Å². The Morgan fingerprint density at radius 3 is 2.58 bits per heavy atom. The molecule has 0 heterocycles. The molecule has 0 aromatic heterocycles. The second-order valence-corrected chi connectivity index (χ2v) is 4.13.